The Balaban J connectivity index is 1.86. The molecule has 0 fully saturated rings. The molecule has 2 heterocycles. The van der Waals surface area contributed by atoms with Gasteiger partial charge < -0.3 is 15.6 Å². The van der Waals surface area contributed by atoms with Crippen molar-refractivity contribution in [1.82, 2.24) is 10.1 Å². The van der Waals surface area contributed by atoms with Gasteiger partial charge in [0.1, 0.15) is 6.04 Å². The molecule has 1 aromatic carbocycles. The number of fused-ring (bicyclic) bond motifs is 1. The Labute approximate surface area is 96.8 Å². The number of nitrogens with zero attached hydrogens (tertiary/aromatic N) is 2. The van der Waals surface area contributed by atoms with Crippen LogP contribution in [0.1, 0.15) is 28.1 Å². The summed E-state index contributed by atoms with van der Waals surface area (Å²) >= 11 is 0. The predicted molar refractivity (Wildman–Crippen MR) is 59.3 cm³/mol. The number of anilines is 1. The van der Waals surface area contributed by atoms with Gasteiger partial charge in [0.25, 0.3) is 11.7 Å². The van der Waals surface area contributed by atoms with Crippen molar-refractivity contribution in [3.8, 4) is 0 Å². The van der Waals surface area contributed by atoms with E-state index in [1.807, 2.05) is 24.3 Å². The molecular formula is C11H10N4O2. The van der Waals surface area contributed by atoms with Crippen molar-refractivity contribution >= 4 is 11.6 Å². The van der Waals surface area contributed by atoms with Crippen molar-refractivity contribution in [3.63, 3.8) is 0 Å². The quantitative estimate of drug-likeness (QED) is 0.798. The van der Waals surface area contributed by atoms with Crippen molar-refractivity contribution < 1.29 is 9.32 Å². The zero-order valence-electron chi connectivity index (χ0n) is 8.88. The van der Waals surface area contributed by atoms with Gasteiger partial charge >= 0.3 is 0 Å². The molecule has 0 unspecified atom stereocenters. The molecule has 1 aromatic heterocycles. The normalized spacial score (nSPS) is 17.5. The Bertz CT molecular complexity index is 553. The minimum atomic E-state index is -0.685. The molecule has 3 rings (SSSR count). The highest BCUT2D eigenvalue weighted by Crippen LogP contribution is 2.32. The predicted octanol–water partition coefficient (Wildman–Crippen LogP) is 0.878. The maximum atomic E-state index is 10.9. The second-order valence-electron chi connectivity index (χ2n) is 3.88. The zero-order valence-corrected chi connectivity index (χ0v) is 8.88. The topological polar surface area (TPSA) is 94.0 Å². The first-order valence-electron chi connectivity index (χ1n) is 5.22. The average Bonchev–Trinajstić information content (AvgIpc) is 2.95. The number of carbonyl (C=O) groups excluding carboxylic acids is 1. The fourth-order valence-corrected chi connectivity index (χ4v) is 1.92. The second-order valence-corrected chi connectivity index (χ2v) is 3.88. The van der Waals surface area contributed by atoms with Crippen LogP contribution >= 0.6 is 0 Å². The third kappa shape index (κ3) is 1.63. The van der Waals surface area contributed by atoms with Gasteiger partial charge in [0.15, 0.2) is 0 Å². The molecular weight excluding hydrogens is 220 g/mol. The molecule has 3 N–H and O–H groups in total. The van der Waals surface area contributed by atoms with Crippen molar-refractivity contribution in [3.05, 3.63) is 41.5 Å². The largest absolute Gasteiger partial charge is 0.373 e. The van der Waals surface area contributed by atoms with Gasteiger partial charge in [-0.05, 0) is 11.6 Å². The third-order valence-corrected chi connectivity index (χ3v) is 2.73. The first-order valence-corrected chi connectivity index (χ1v) is 5.22. The number of amides is 1. The SMILES string of the molecule is NC(=O)c1noc([C@@H]2Cc3ccccc3N2)n1. The van der Waals surface area contributed by atoms with Gasteiger partial charge in [-0.25, -0.2) is 0 Å². The van der Waals surface area contributed by atoms with Gasteiger partial charge in [-0.1, -0.05) is 23.4 Å². The number of benzene rings is 1. The van der Waals surface area contributed by atoms with Gasteiger partial charge in [0, 0.05) is 12.1 Å². The molecule has 0 bridgehead atoms. The second kappa shape index (κ2) is 3.58. The number of aromatic nitrogens is 2. The first kappa shape index (κ1) is 9.83. The van der Waals surface area contributed by atoms with Crippen molar-refractivity contribution in [1.29, 1.82) is 0 Å². The maximum absolute atomic E-state index is 10.9. The summed E-state index contributed by atoms with van der Waals surface area (Å²) in [5, 5.41) is 6.78. The molecule has 2 aromatic rings. The number of nitrogens with one attached hydrogen (secondary N) is 1. The van der Waals surface area contributed by atoms with Gasteiger partial charge in [-0.2, -0.15) is 4.98 Å². The summed E-state index contributed by atoms with van der Waals surface area (Å²) in [5.74, 6) is -0.386. The van der Waals surface area contributed by atoms with E-state index in [4.69, 9.17) is 10.3 Å². The Hall–Kier alpha value is -2.37. The van der Waals surface area contributed by atoms with E-state index in [0.29, 0.717) is 5.89 Å². The number of nitrogens with two attached hydrogens (primary N) is 1. The monoisotopic (exact) mass is 230 g/mol. The van der Waals surface area contributed by atoms with Gasteiger partial charge in [0.2, 0.25) is 5.89 Å². The molecule has 6 nitrogen and oxygen atoms in total. The highest BCUT2D eigenvalue weighted by Gasteiger charge is 2.27. The standard InChI is InChI=1S/C11H10N4O2/c12-9(16)10-14-11(17-15-10)8-5-6-3-1-2-4-7(6)13-8/h1-4,8,13H,5H2,(H2,12,16)/t8-/m0/s1. The van der Waals surface area contributed by atoms with Crippen LogP contribution < -0.4 is 11.1 Å². The molecule has 17 heavy (non-hydrogen) atoms. The van der Waals surface area contributed by atoms with Crippen LogP contribution in [0.5, 0.6) is 0 Å². The number of para-hydroxylation sites is 1. The third-order valence-electron chi connectivity index (χ3n) is 2.73. The molecule has 0 aliphatic carbocycles. The summed E-state index contributed by atoms with van der Waals surface area (Å²) < 4.78 is 5.02. The number of hydrogen-bond acceptors (Lipinski definition) is 5. The van der Waals surface area contributed by atoms with E-state index < -0.39 is 5.91 Å². The molecule has 6 heteroatoms. The van der Waals surface area contributed by atoms with Crippen LogP contribution in [-0.2, 0) is 6.42 Å². The summed E-state index contributed by atoms with van der Waals surface area (Å²) in [5.41, 5.74) is 7.31. The van der Waals surface area contributed by atoms with Crippen LogP contribution in [0.2, 0.25) is 0 Å². The summed E-state index contributed by atoms with van der Waals surface area (Å²) in [6, 6.07) is 7.87. The van der Waals surface area contributed by atoms with E-state index in [1.165, 1.54) is 5.56 Å². The minimum Gasteiger partial charge on any atom is -0.373 e. The number of hydrogen-bond donors (Lipinski definition) is 2. The average molecular weight is 230 g/mol. The minimum absolute atomic E-state index is 0.0854. The van der Waals surface area contributed by atoms with E-state index in [0.717, 1.165) is 12.1 Å². The molecule has 86 valence electrons. The summed E-state index contributed by atoms with van der Waals surface area (Å²) in [6.45, 7) is 0. The Morgan fingerprint density at radius 1 is 1.47 bits per heavy atom. The van der Waals surface area contributed by atoms with E-state index in [9.17, 15) is 4.79 Å². The molecule has 1 amide bonds. The number of carbonyl (C=O) groups is 1. The van der Waals surface area contributed by atoms with Crippen LogP contribution in [0.4, 0.5) is 5.69 Å². The summed E-state index contributed by atoms with van der Waals surface area (Å²) in [6.07, 6.45) is 0.760. The lowest BCUT2D eigenvalue weighted by atomic mass is 10.1. The maximum Gasteiger partial charge on any atom is 0.290 e. The molecule has 0 radical (unpaired) electrons. The Morgan fingerprint density at radius 2 is 2.29 bits per heavy atom. The van der Waals surface area contributed by atoms with Crippen LogP contribution in [0.15, 0.2) is 28.8 Å². The lowest BCUT2D eigenvalue weighted by Gasteiger charge is -2.04. The molecule has 1 aliphatic rings. The number of rotatable bonds is 2. The van der Waals surface area contributed by atoms with E-state index >= 15 is 0 Å². The van der Waals surface area contributed by atoms with Crippen LogP contribution in [0.25, 0.3) is 0 Å². The van der Waals surface area contributed by atoms with Crippen LogP contribution in [-0.4, -0.2) is 16.0 Å². The molecule has 0 saturated heterocycles. The highest BCUT2D eigenvalue weighted by atomic mass is 16.5. The van der Waals surface area contributed by atoms with Crippen molar-refractivity contribution in [2.75, 3.05) is 5.32 Å². The Kier molecular flexibility index (Phi) is 2.07. The lowest BCUT2D eigenvalue weighted by molar-refractivity contribution is 0.0987. The van der Waals surface area contributed by atoms with E-state index in [2.05, 4.69) is 15.5 Å². The fraction of sp³-hybridized carbons (Fsp3) is 0.182. The molecule has 1 aliphatic heterocycles. The van der Waals surface area contributed by atoms with Crippen molar-refractivity contribution in [2.24, 2.45) is 5.73 Å². The highest BCUT2D eigenvalue weighted by molar-refractivity contribution is 5.88. The van der Waals surface area contributed by atoms with Crippen LogP contribution in [0, 0.1) is 0 Å². The summed E-state index contributed by atoms with van der Waals surface area (Å²) in [4.78, 5) is 14.8. The van der Waals surface area contributed by atoms with E-state index in [-0.39, 0.29) is 11.9 Å². The fourth-order valence-electron chi connectivity index (χ4n) is 1.92. The first-order chi connectivity index (χ1) is 8.24. The smallest absolute Gasteiger partial charge is 0.290 e. The van der Waals surface area contributed by atoms with E-state index in [1.54, 1.807) is 0 Å². The lowest BCUT2D eigenvalue weighted by Crippen LogP contribution is -2.13. The Morgan fingerprint density at radius 3 is 3.00 bits per heavy atom. The zero-order chi connectivity index (χ0) is 11.8. The molecule has 0 saturated carbocycles. The number of primary amides is 1. The van der Waals surface area contributed by atoms with Gasteiger partial charge in [-0.3, -0.25) is 4.79 Å². The van der Waals surface area contributed by atoms with Gasteiger partial charge in [0.05, 0.1) is 0 Å². The van der Waals surface area contributed by atoms with Crippen molar-refractivity contribution in [2.45, 2.75) is 12.5 Å². The summed E-state index contributed by atoms with van der Waals surface area (Å²) in [7, 11) is 0. The van der Waals surface area contributed by atoms with Gasteiger partial charge in [-0.15, -0.1) is 0 Å². The van der Waals surface area contributed by atoms with Crippen LogP contribution in [0.3, 0.4) is 0 Å². The molecule has 1 atom stereocenters. The molecule has 0 spiro atoms.